The average Bonchev–Trinajstić information content (AvgIpc) is 1.73. The third kappa shape index (κ3) is 28.1. The second kappa shape index (κ2) is 42.1. The summed E-state index contributed by atoms with van der Waals surface area (Å²) in [5.74, 6) is -23.9. The van der Waals surface area contributed by atoms with Crippen molar-refractivity contribution in [1.29, 1.82) is 5.41 Å². The van der Waals surface area contributed by atoms with Crippen LogP contribution in [-0.4, -0.2) is 218 Å². The van der Waals surface area contributed by atoms with Gasteiger partial charge < -0.3 is 89.2 Å². The van der Waals surface area contributed by atoms with Crippen molar-refractivity contribution in [3.05, 3.63) is 0 Å². The van der Waals surface area contributed by atoms with Crippen molar-refractivity contribution in [3.8, 4) is 0 Å². The van der Waals surface area contributed by atoms with E-state index in [1.807, 2.05) is 0 Å². The van der Waals surface area contributed by atoms with Gasteiger partial charge in [0.05, 0.1) is 68.9 Å². The van der Waals surface area contributed by atoms with Gasteiger partial charge in [-0.1, -0.05) is 98.3 Å². The fourth-order valence-electron chi connectivity index (χ4n) is 12.1. The molecule has 0 aromatic heterocycles. The molecule has 3 aliphatic rings. The van der Waals surface area contributed by atoms with Crippen molar-refractivity contribution in [3.63, 3.8) is 0 Å². The number of nitrogens with one attached hydrogen (secondary N) is 10. The molecule has 16 N–H and O–H groups in total. The number of hydrogen-bond acceptors (Lipinski definition) is 18. The Kier molecular flexibility index (Phi) is 35.9. The molecule has 12 atom stereocenters. The molecule has 544 valence electrons. The maximum absolute atomic E-state index is 15.4. The average molecular weight is 1370 g/mol. The molecule has 3 saturated heterocycles. The van der Waals surface area contributed by atoms with Crippen molar-refractivity contribution < 1.29 is 97.1 Å². The van der Waals surface area contributed by atoms with Crippen LogP contribution in [0.3, 0.4) is 0 Å². The number of carboxylic acid groups (broad SMARTS) is 4. The molecule has 33 nitrogen and oxygen atoms in total. The first-order valence-corrected chi connectivity index (χ1v) is 33.7. The van der Waals surface area contributed by atoms with E-state index in [0.29, 0.717) is 19.3 Å². The molecule has 0 aromatic rings. The van der Waals surface area contributed by atoms with Gasteiger partial charge >= 0.3 is 23.9 Å². The van der Waals surface area contributed by atoms with E-state index in [-0.39, 0.29) is 45.2 Å². The van der Waals surface area contributed by atoms with Crippen LogP contribution < -0.4 is 53.6 Å². The zero-order valence-electron chi connectivity index (χ0n) is 56.6. The van der Waals surface area contributed by atoms with Gasteiger partial charge in [0.1, 0.15) is 36.3 Å². The van der Waals surface area contributed by atoms with Crippen LogP contribution in [0.4, 0.5) is 0 Å². The maximum atomic E-state index is 15.4. The van der Waals surface area contributed by atoms with Crippen molar-refractivity contribution in [2.75, 3.05) is 32.7 Å². The standard InChI is InChI=1S/C64H103N13O20/c1-7-8-9-10-11-12-13-14-15-16-17-18-24-47(79)71-43(31-53(87)88)59(91)75-56-38(6)70-60(92)45-23-21-26-77(45)62(94)54(35(2)3)74-61(93)55(37(5)69-48(80)32-65)73-50(82)34-68-58(90)42(30-52(85)86)72-49(81)33-67-57(89)39(28-51(83)84)27-41(66)40(36(4)64(96)97)29-46(78)44-22-19-20-25-76(44)63(56)95/h35-40,42-45,54-56,66H,7-34,65H2,1-6H3,(H,67,89)(H,68,90)(H,69,80)(H,70,92)(H,71,79)(H,72,81)(H,73,82)(H,74,93)(H,75,91)(H,83,84)(H,85,86)(H,87,88)(H,96,97). The van der Waals surface area contributed by atoms with E-state index in [1.54, 1.807) is 13.8 Å². The molecule has 0 radical (unpaired) electrons. The highest BCUT2D eigenvalue weighted by Crippen LogP contribution is 2.29. The Morgan fingerprint density at radius 3 is 1.72 bits per heavy atom. The number of Topliss-reactive ketones (excluding diaryl/α,β-unsaturated/α-hetero) is 1. The summed E-state index contributed by atoms with van der Waals surface area (Å²) in [4.78, 5) is 220. The Hall–Kier alpha value is -8.65. The lowest BCUT2D eigenvalue weighted by Crippen LogP contribution is -2.65. The summed E-state index contributed by atoms with van der Waals surface area (Å²) in [6.07, 6.45) is 8.19. The lowest BCUT2D eigenvalue weighted by molar-refractivity contribution is -0.147. The first-order valence-electron chi connectivity index (χ1n) is 33.7. The normalized spacial score (nSPS) is 24.4. The van der Waals surface area contributed by atoms with Gasteiger partial charge in [-0.15, -0.1) is 0 Å². The molecule has 12 unspecified atom stereocenters. The largest absolute Gasteiger partial charge is 0.481 e. The number of carbonyl (C=O) groups is 16. The second-order valence-electron chi connectivity index (χ2n) is 25.8. The molecule has 0 spiro atoms. The highest BCUT2D eigenvalue weighted by Gasteiger charge is 2.45. The topological polar surface area (TPSA) is 519 Å². The zero-order chi connectivity index (χ0) is 72.6. The molecule has 0 saturated carbocycles. The number of fused-ring (bicyclic) bond motifs is 2. The van der Waals surface area contributed by atoms with E-state index < -0.39 is 230 Å². The summed E-state index contributed by atoms with van der Waals surface area (Å²) in [6.45, 7) is 6.18. The molecule has 97 heavy (non-hydrogen) atoms. The van der Waals surface area contributed by atoms with E-state index in [0.717, 1.165) is 48.8 Å². The predicted octanol–water partition coefficient (Wildman–Crippen LogP) is -0.510. The molecule has 0 aliphatic carbocycles. The van der Waals surface area contributed by atoms with Crippen molar-refractivity contribution in [2.45, 2.75) is 244 Å². The number of aliphatic carboxylic acids is 4. The van der Waals surface area contributed by atoms with Gasteiger partial charge in [0.25, 0.3) is 0 Å². The Morgan fingerprint density at radius 2 is 1.15 bits per heavy atom. The van der Waals surface area contributed by atoms with Gasteiger partial charge in [0, 0.05) is 37.6 Å². The molecule has 3 rings (SSSR count). The lowest BCUT2D eigenvalue weighted by Gasteiger charge is -2.39. The monoisotopic (exact) mass is 1370 g/mol. The third-order valence-corrected chi connectivity index (χ3v) is 17.6. The van der Waals surface area contributed by atoms with Crippen LogP contribution in [-0.2, 0) is 76.7 Å². The summed E-state index contributed by atoms with van der Waals surface area (Å²) < 4.78 is 0. The smallest absolute Gasteiger partial charge is 0.306 e. The molecule has 0 aromatic carbocycles. The lowest BCUT2D eigenvalue weighted by atomic mass is 9.79. The van der Waals surface area contributed by atoms with E-state index in [9.17, 15) is 92.3 Å². The van der Waals surface area contributed by atoms with E-state index in [4.69, 9.17) is 11.1 Å². The minimum atomic E-state index is -1.94. The molecule has 3 fully saturated rings. The fourth-order valence-corrected chi connectivity index (χ4v) is 12.1. The Balaban J connectivity index is 2.17. The van der Waals surface area contributed by atoms with Crippen molar-refractivity contribution in [2.24, 2.45) is 29.4 Å². The first kappa shape index (κ1) is 82.6. The van der Waals surface area contributed by atoms with Crippen LogP contribution >= 0.6 is 0 Å². The molecular weight excluding hydrogens is 1270 g/mol. The summed E-state index contributed by atoms with van der Waals surface area (Å²) >= 11 is 0. The number of carboxylic acids is 4. The first-order chi connectivity index (χ1) is 45.8. The second-order valence-corrected chi connectivity index (χ2v) is 25.8. The van der Waals surface area contributed by atoms with Crippen LogP contribution in [0.25, 0.3) is 0 Å². The number of rotatable bonds is 28. The third-order valence-electron chi connectivity index (χ3n) is 17.6. The van der Waals surface area contributed by atoms with Gasteiger partial charge in [-0.3, -0.25) is 76.7 Å². The maximum Gasteiger partial charge on any atom is 0.306 e. The number of nitrogens with two attached hydrogens (primary N) is 1. The van der Waals surface area contributed by atoms with E-state index in [1.165, 1.54) is 46.0 Å². The number of carbonyl (C=O) groups excluding carboxylic acids is 12. The van der Waals surface area contributed by atoms with Crippen molar-refractivity contribution in [1.82, 2.24) is 57.7 Å². The summed E-state index contributed by atoms with van der Waals surface area (Å²) in [5, 5.41) is 70.4. The molecule has 3 aliphatic heterocycles. The quantitative estimate of drug-likeness (QED) is 0.0439. The Morgan fingerprint density at radius 1 is 0.598 bits per heavy atom. The van der Waals surface area contributed by atoms with Gasteiger partial charge in [-0.2, -0.15) is 0 Å². The van der Waals surface area contributed by atoms with Crippen LogP contribution in [0.5, 0.6) is 0 Å². The van der Waals surface area contributed by atoms with Gasteiger partial charge in [0.15, 0.2) is 5.78 Å². The van der Waals surface area contributed by atoms with Crippen molar-refractivity contribution >= 4 is 100 Å². The Bertz CT molecular complexity index is 2820. The number of hydrogen-bond donors (Lipinski definition) is 15. The van der Waals surface area contributed by atoms with Crippen LogP contribution in [0.2, 0.25) is 0 Å². The van der Waals surface area contributed by atoms with Crippen LogP contribution in [0, 0.1) is 29.1 Å². The highest BCUT2D eigenvalue weighted by molar-refractivity contribution is 6.01. The van der Waals surface area contributed by atoms with Gasteiger partial charge in [0.2, 0.25) is 65.0 Å². The minimum Gasteiger partial charge on any atom is -0.481 e. The Labute approximate surface area is 564 Å². The highest BCUT2D eigenvalue weighted by atomic mass is 16.4. The van der Waals surface area contributed by atoms with Gasteiger partial charge in [-0.05, 0) is 64.7 Å². The SMILES string of the molecule is CCCCCCCCCCCCCCC(=O)NC(CC(=O)O)C(=O)NC1C(=O)N2CCCCC2C(=O)CC(C(C)C(=O)O)C(=N)CC(CC(=O)O)C(=O)NCC(=O)NC(CC(=O)O)C(=O)NCC(=O)NC(C(C)NC(=O)CN)C(=O)NC(C(C)C)C(=O)N2CCCC2C(=O)NC1C. The molecule has 3 heterocycles. The van der Waals surface area contributed by atoms with E-state index >= 15 is 4.79 Å². The predicted molar refractivity (Wildman–Crippen MR) is 347 cm³/mol. The number of nitrogens with zero attached hydrogens (tertiary/aromatic N) is 2. The molecule has 33 heteroatoms. The van der Waals surface area contributed by atoms with Gasteiger partial charge in [-0.25, -0.2) is 0 Å². The number of piperidine rings is 1. The summed E-state index contributed by atoms with van der Waals surface area (Å²) in [5.41, 5.74) is 4.91. The zero-order valence-corrected chi connectivity index (χ0v) is 56.6. The number of unbranched alkanes of at least 4 members (excludes halogenated alkanes) is 11. The number of ketones is 1. The van der Waals surface area contributed by atoms with Crippen LogP contribution in [0.15, 0.2) is 0 Å². The molecular formula is C64H103N13O20. The van der Waals surface area contributed by atoms with E-state index in [2.05, 4.69) is 54.8 Å². The fraction of sp³-hybridized carbons (Fsp3) is 0.734. The van der Waals surface area contributed by atoms with Crippen LogP contribution in [0.1, 0.15) is 189 Å². The molecule has 11 amide bonds. The molecule has 0 bridgehead atoms. The summed E-state index contributed by atoms with van der Waals surface area (Å²) in [6, 6.07) is -14.3. The summed E-state index contributed by atoms with van der Waals surface area (Å²) in [7, 11) is 0. The number of amides is 11. The minimum absolute atomic E-state index is 0.0128.